The van der Waals surface area contributed by atoms with Crippen molar-refractivity contribution in [3.8, 4) is 0 Å². The molecule has 5 heteroatoms. The highest BCUT2D eigenvalue weighted by molar-refractivity contribution is 6.30. The number of halogens is 1. The molecular weight excluding hydrogens is 230 g/mol. The summed E-state index contributed by atoms with van der Waals surface area (Å²) in [5.74, 6) is 0. The number of carbonyl (C=O) groups is 1. The van der Waals surface area contributed by atoms with Gasteiger partial charge in [0, 0.05) is 5.02 Å². The van der Waals surface area contributed by atoms with Crippen molar-refractivity contribution in [3.05, 3.63) is 34.9 Å². The SMILES string of the molecule is C[C@H](NC(=O)OCCO)c1cccc(Cl)c1. The van der Waals surface area contributed by atoms with Gasteiger partial charge in [0.15, 0.2) is 0 Å². The van der Waals surface area contributed by atoms with Gasteiger partial charge in [0.05, 0.1) is 12.6 Å². The number of ether oxygens (including phenoxy) is 1. The minimum Gasteiger partial charge on any atom is -0.447 e. The number of hydrogen-bond acceptors (Lipinski definition) is 3. The Morgan fingerprint density at radius 2 is 2.38 bits per heavy atom. The van der Waals surface area contributed by atoms with E-state index >= 15 is 0 Å². The largest absolute Gasteiger partial charge is 0.447 e. The van der Waals surface area contributed by atoms with Crippen LogP contribution in [0.25, 0.3) is 0 Å². The Balaban J connectivity index is 2.52. The fraction of sp³-hybridized carbons (Fsp3) is 0.364. The van der Waals surface area contributed by atoms with Crippen molar-refractivity contribution in [2.24, 2.45) is 0 Å². The average Bonchev–Trinajstić information content (AvgIpc) is 2.26. The summed E-state index contributed by atoms with van der Waals surface area (Å²) in [6.07, 6.45) is -0.554. The fourth-order valence-corrected chi connectivity index (χ4v) is 1.41. The highest BCUT2D eigenvalue weighted by Gasteiger charge is 2.10. The van der Waals surface area contributed by atoms with Crippen LogP contribution in [-0.4, -0.2) is 24.4 Å². The summed E-state index contributed by atoms with van der Waals surface area (Å²) in [5, 5.41) is 11.7. The molecular formula is C11H14ClNO3. The molecule has 88 valence electrons. The summed E-state index contributed by atoms with van der Waals surface area (Å²) in [6, 6.07) is 7.03. The smallest absolute Gasteiger partial charge is 0.407 e. The van der Waals surface area contributed by atoms with E-state index < -0.39 is 6.09 Å². The molecule has 0 fully saturated rings. The molecule has 0 unspecified atom stereocenters. The van der Waals surface area contributed by atoms with Crippen LogP contribution in [-0.2, 0) is 4.74 Å². The maximum absolute atomic E-state index is 11.2. The first kappa shape index (κ1) is 12.8. The lowest BCUT2D eigenvalue weighted by Gasteiger charge is -2.14. The fourth-order valence-electron chi connectivity index (χ4n) is 1.22. The average molecular weight is 244 g/mol. The molecule has 0 saturated carbocycles. The quantitative estimate of drug-likeness (QED) is 0.852. The van der Waals surface area contributed by atoms with Crippen molar-refractivity contribution in [2.45, 2.75) is 13.0 Å². The molecule has 0 radical (unpaired) electrons. The zero-order chi connectivity index (χ0) is 12.0. The van der Waals surface area contributed by atoms with Gasteiger partial charge in [0.25, 0.3) is 0 Å². The van der Waals surface area contributed by atoms with Gasteiger partial charge < -0.3 is 15.2 Å². The Labute approximate surface area is 99.2 Å². The van der Waals surface area contributed by atoms with E-state index in [1.165, 1.54) is 0 Å². The molecule has 2 N–H and O–H groups in total. The summed E-state index contributed by atoms with van der Waals surface area (Å²) in [4.78, 5) is 11.2. The van der Waals surface area contributed by atoms with Crippen LogP contribution < -0.4 is 5.32 Å². The van der Waals surface area contributed by atoms with E-state index in [0.29, 0.717) is 5.02 Å². The number of carbonyl (C=O) groups excluding carboxylic acids is 1. The van der Waals surface area contributed by atoms with Gasteiger partial charge in [-0.15, -0.1) is 0 Å². The van der Waals surface area contributed by atoms with E-state index in [1.807, 2.05) is 19.1 Å². The Bertz CT molecular complexity index is 357. The Hall–Kier alpha value is -1.26. The lowest BCUT2D eigenvalue weighted by molar-refractivity contribution is 0.116. The maximum atomic E-state index is 11.2. The summed E-state index contributed by atoms with van der Waals surface area (Å²) in [6.45, 7) is 1.64. The van der Waals surface area contributed by atoms with Crippen molar-refractivity contribution in [2.75, 3.05) is 13.2 Å². The number of nitrogens with one attached hydrogen (secondary N) is 1. The van der Waals surface area contributed by atoms with Gasteiger partial charge in [-0.3, -0.25) is 0 Å². The van der Waals surface area contributed by atoms with Crippen molar-refractivity contribution >= 4 is 17.7 Å². The van der Waals surface area contributed by atoms with Crippen LogP contribution >= 0.6 is 11.6 Å². The number of alkyl carbamates (subject to hydrolysis) is 1. The molecule has 1 rings (SSSR count). The van der Waals surface area contributed by atoms with E-state index in [2.05, 4.69) is 10.1 Å². The van der Waals surface area contributed by atoms with Gasteiger partial charge in [-0.1, -0.05) is 23.7 Å². The topological polar surface area (TPSA) is 58.6 Å². The lowest BCUT2D eigenvalue weighted by Crippen LogP contribution is -2.28. The molecule has 0 saturated heterocycles. The van der Waals surface area contributed by atoms with Crippen LogP contribution in [0.5, 0.6) is 0 Å². The van der Waals surface area contributed by atoms with Crippen molar-refractivity contribution < 1.29 is 14.6 Å². The van der Waals surface area contributed by atoms with Crippen LogP contribution in [0.4, 0.5) is 4.79 Å². The molecule has 0 aromatic heterocycles. The lowest BCUT2D eigenvalue weighted by atomic mass is 10.1. The van der Waals surface area contributed by atoms with E-state index in [9.17, 15) is 4.79 Å². The summed E-state index contributed by atoms with van der Waals surface area (Å²) >= 11 is 5.83. The van der Waals surface area contributed by atoms with Crippen molar-refractivity contribution in [1.29, 1.82) is 0 Å². The van der Waals surface area contributed by atoms with Crippen LogP contribution in [0, 0.1) is 0 Å². The Morgan fingerprint density at radius 3 is 3.00 bits per heavy atom. The second-order valence-electron chi connectivity index (χ2n) is 3.28. The molecule has 16 heavy (non-hydrogen) atoms. The minimum atomic E-state index is -0.554. The normalized spacial score (nSPS) is 11.9. The maximum Gasteiger partial charge on any atom is 0.407 e. The van der Waals surface area contributed by atoms with E-state index in [-0.39, 0.29) is 19.3 Å². The number of aliphatic hydroxyl groups is 1. The molecule has 1 amide bonds. The number of benzene rings is 1. The van der Waals surface area contributed by atoms with Gasteiger partial charge in [-0.25, -0.2) is 4.79 Å². The first-order valence-corrected chi connectivity index (χ1v) is 5.31. The Morgan fingerprint density at radius 1 is 1.62 bits per heavy atom. The number of hydrogen-bond donors (Lipinski definition) is 2. The molecule has 4 nitrogen and oxygen atoms in total. The number of amides is 1. The zero-order valence-corrected chi connectivity index (χ0v) is 9.70. The van der Waals surface area contributed by atoms with Crippen LogP contribution in [0.15, 0.2) is 24.3 Å². The minimum absolute atomic E-state index is 0.00585. The van der Waals surface area contributed by atoms with E-state index in [0.717, 1.165) is 5.56 Å². The zero-order valence-electron chi connectivity index (χ0n) is 8.94. The first-order chi connectivity index (χ1) is 7.63. The van der Waals surface area contributed by atoms with Crippen LogP contribution in [0.1, 0.15) is 18.5 Å². The van der Waals surface area contributed by atoms with Gasteiger partial charge in [-0.05, 0) is 24.6 Å². The second kappa shape index (κ2) is 6.35. The molecule has 1 atom stereocenters. The molecule has 0 aliphatic heterocycles. The van der Waals surface area contributed by atoms with Gasteiger partial charge in [0.1, 0.15) is 6.61 Å². The predicted molar refractivity (Wildman–Crippen MR) is 61.4 cm³/mol. The van der Waals surface area contributed by atoms with Gasteiger partial charge in [0.2, 0.25) is 0 Å². The molecule has 0 aliphatic carbocycles. The third kappa shape index (κ3) is 4.08. The van der Waals surface area contributed by atoms with Gasteiger partial charge >= 0.3 is 6.09 Å². The van der Waals surface area contributed by atoms with E-state index in [4.69, 9.17) is 16.7 Å². The standard InChI is InChI=1S/C11H14ClNO3/c1-8(13-11(15)16-6-5-14)9-3-2-4-10(12)7-9/h2-4,7-8,14H,5-6H2,1H3,(H,13,15)/t8-/m0/s1. The first-order valence-electron chi connectivity index (χ1n) is 4.93. The van der Waals surface area contributed by atoms with Crippen molar-refractivity contribution in [1.82, 2.24) is 5.32 Å². The predicted octanol–water partition coefficient (Wildman–Crippen LogP) is 2.12. The van der Waals surface area contributed by atoms with E-state index in [1.54, 1.807) is 12.1 Å². The molecule has 1 aromatic rings. The monoisotopic (exact) mass is 243 g/mol. The van der Waals surface area contributed by atoms with Gasteiger partial charge in [-0.2, -0.15) is 0 Å². The number of rotatable bonds is 4. The summed E-state index contributed by atoms with van der Waals surface area (Å²) in [5.41, 5.74) is 0.897. The summed E-state index contributed by atoms with van der Waals surface area (Å²) in [7, 11) is 0. The Kier molecular flexibility index (Phi) is 5.08. The second-order valence-corrected chi connectivity index (χ2v) is 3.72. The third-order valence-corrected chi connectivity index (χ3v) is 2.24. The molecule has 0 spiro atoms. The third-order valence-electron chi connectivity index (χ3n) is 2.01. The summed E-state index contributed by atoms with van der Waals surface area (Å²) < 4.78 is 4.68. The molecule has 0 heterocycles. The van der Waals surface area contributed by atoms with Crippen LogP contribution in [0.3, 0.4) is 0 Å². The molecule has 0 aliphatic rings. The highest BCUT2D eigenvalue weighted by atomic mass is 35.5. The number of aliphatic hydroxyl groups excluding tert-OH is 1. The van der Waals surface area contributed by atoms with Crippen LogP contribution in [0.2, 0.25) is 5.02 Å². The molecule has 0 bridgehead atoms. The molecule has 1 aromatic carbocycles. The van der Waals surface area contributed by atoms with Crippen molar-refractivity contribution in [3.63, 3.8) is 0 Å². The highest BCUT2D eigenvalue weighted by Crippen LogP contribution is 2.17.